The van der Waals surface area contributed by atoms with Crippen molar-refractivity contribution >= 4 is 34.9 Å². The molecule has 0 radical (unpaired) electrons. The third kappa shape index (κ3) is 4.31. The minimum atomic E-state index is -0.803. The number of nitrogens with zero attached hydrogens (tertiary/aromatic N) is 2. The second-order valence-corrected chi connectivity index (χ2v) is 8.09. The van der Waals surface area contributed by atoms with Gasteiger partial charge in [-0.1, -0.05) is 11.6 Å². The van der Waals surface area contributed by atoms with Crippen LogP contribution in [0.5, 0.6) is 0 Å². The molecule has 3 rings (SSSR count). The number of carbonyl (C=O) groups is 3. The lowest BCUT2D eigenvalue weighted by Gasteiger charge is -2.24. The minimum absolute atomic E-state index is 0.000902. The molecule has 3 N–H and O–H groups in total. The SMILES string of the molecule is Cc1c(C(=O)Nc2ccc(F)c(C#N)c2)c(Cl)n(C)c1C(=O)C(=O)NC1(C)CCNC1. The molecule has 1 aliphatic rings. The van der Waals surface area contributed by atoms with E-state index in [9.17, 15) is 18.8 Å². The molecule has 10 heteroatoms. The number of hydrogen-bond acceptors (Lipinski definition) is 5. The molecule has 2 heterocycles. The van der Waals surface area contributed by atoms with Gasteiger partial charge in [0, 0.05) is 19.3 Å². The van der Waals surface area contributed by atoms with Gasteiger partial charge in [0.05, 0.1) is 22.4 Å². The van der Waals surface area contributed by atoms with Gasteiger partial charge in [0.15, 0.2) is 0 Å². The van der Waals surface area contributed by atoms with Crippen molar-refractivity contribution in [3.63, 3.8) is 0 Å². The Kier molecular flexibility index (Phi) is 6.15. The molecule has 2 amide bonds. The van der Waals surface area contributed by atoms with Crippen LogP contribution in [-0.2, 0) is 11.8 Å². The Morgan fingerprint density at radius 3 is 2.68 bits per heavy atom. The molecular formula is C21H21ClFN5O3. The van der Waals surface area contributed by atoms with Crippen LogP contribution in [0.15, 0.2) is 18.2 Å². The fourth-order valence-corrected chi connectivity index (χ4v) is 3.93. The first-order valence-corrected chi connectivity index (χ1v) is 9.89. The lowest BCUT2D eigenvalue weighted by molar-refractivity contribution is -0.118. The number of Topliss-reactive ketones (excluding diaryl/α,β-unsaturated/α-hetero) is 1. The van der Waals surface area contributed by atoms with Crippen molar-refractivity contribution in [2.75, 3.05) is 18.4 Å². The van der Waals surface area contributed by atoms with E-state index in [0.717, 1.165) is 12.6 Å². The number of halogens is 2. The number of hydrogen-bond donors (Lipinski definition) is 3. The van der Waals surface area contributed by atoms with E-state index in [-0.39, 0.29) is 33.2 Å². The molecule has 1 unspecified atom stereocenters. The third-order valence-electron chi connectivity index (χ3n) is 5.34. The number of rotatable bonds is 5. The fourth-order valence-electron chi connectivity index (χ4n) is 3.62. The maximum absolute atomic E-state index is 13.5. The van der Waals surface area contributed by atoms with Crippen LogP contribution in [0.2, 0.25) is 5.15 Å². The largest absolute Gasteiger partial charge is 0.343 e. The van der Waals surface area contributed by atoms with Crippen molar-refractivity contribution in [3.8, 4) is 6.07 Å². The zero-order chi connectivity index (χ0) is 22.9. The molecule has 1 saturated heterocycles. The lowest BCUT2D eigenvalue weighted by Crippen LogP contribution is -2.50. The summed E-state index contributed by atoms with van der Waals surface area (Å²) >= 11 is 6.31. The van der Waals surface area contributed by atoms with E-state index in [4.69, 9.17) is 16.9 Å². The van der Waals surface area contributed by atoms with Crippen LogP contribution in [0.4, 0.5) is 10.1 Å². The maximum Gasteiger partial charge on any atom is 0.294 e. The van der Waals surface area contributed by atoms with E-state index in [2.05, 4.69) is 16.0 Å². The average molecular weight is 446 g/mol. The van der Waals surface area contributed by atoms with E-state index in [1.807, 2.05) is 6.92 Å². The molecule has 1 atom stereocenters. The van der Waals surface area contributed by atoms with Gasteiger partial charge in [-0.05, 0) is 50.6 Å². The molecule has 1 aromatic heterocycles. The molecule has 162 valence electrons. The van der Waals surface area contributed by atoms with Crippen molar-refractivity contribution in [2.24, 2.45) is 7.05 Å². The van der Waals surface area contributed by atoms with Crippen LogP contribution >= 0.6 is 11.6 Å². The Bertz CT molecular complexity index is 1130. The normalized spacial score (nSPS) is 17.8. The number of anilines is 1. The van der Waals surface area contributed by atoms with Gasteiger partial charge in [0.25, 0.3) is 17.6 Å². The highest BCUT2D eigenvalue weighted by molar-refractivity contribution is 6.44. The summed E-state index contributed by atoms with van der Waals surface area (Å²) in [4.78, 5) is 38.3. The van der Waals surface area contributed by atoms with Crippen molar-refractivity contribution in [1.29, 1.82) is 5.26 Å². The molecule has 0 aliphatic carbocycles. The van der Waals surface area contributed by atoms with Crippen molar-refractivity contribution in [1.82, 2.24) is 15.2 Å². The van der Waals surface area contributed by atoms with Crippen molar-refractivity contribution in [2.45, 2.75) is 25.8 Å². The van der Waals surface area contributed by atoms with Gasteiger partial charge in [-0.15, -0.1) is 0 Å². The van der Waals surface area contributed by atoms with Crippen molar-refractivity contribution < 1.29 is 18.8 Å². The van der Waals surface area contributed by atoms with Crippen LogP contribution in [0.3, 0.4) is 0 Å². The predicted octanol–water partition coefficient (Wildman–Crippen LogP) is 2.30. The Labute approximate surface area is 183 Å². The Balaban J connectivity index is 1.87. The highest BCUT2D eigenvalue weighted by Gasteiger charge is 2.35. The summed E-state index contributed by atoms with van der Waals surface area (Å²) in [6.45, 7) is 4.65. The maximum atomic E-state index is 13.5. The van der Waals surface area contributed by atoms with Crippen LogP contribution in [0.1, 0.15) is 45.3 Å². The first-order chi connectivity index (χ1) is 14.6. The van der Waals surface area contributed by atoms with E-state index in [1.54, 1.807) is 6.07 Å². The molecule has 2 aromatic rings. The standard InChI is InChI=1S/C21H21ClFN5O3/c1-11-15(19(30)26-13-4-5-14(23)12(8-13)9-24)18(22)28(3)16(11)17(29)20(31)27-21(2)6-7-25-10-21/h4-5,8,25H,6-7,10H2,1-3H3,(H,26,30)(H,27,31). The lowest BCUT2D eigenvalue weighted by atomic mass is 10.0. The molecule has 1 aromatic carbocycles. The summed E-state index contributed by atoms with van der Waals surface area (Å²) in [5.41, 5.74) is -0.319. The number of amides is 2. The first kappa shape index (κ1) is 22.5. The number of aromatic nitrogens is 1. The summed E-state index contributed by atoms with van der Waals surface area (Å²) < 4.78 is 14.8. The van der Waals surface area contributed by atoms with Gasteiger partial charge in [-0.2, -0.15) is 5.26 Å². The van der Waals surface area contributed by atoms with Crippen molar-refractivity contribution in [3.05, 3.63) is 51.6 Å². The summed E-state index contributed by atoms with van der Waals surface area (Å²) in [5, 5.41) is 17.3. The minimum Gasteiger partial charge on any atom is -0.343 e. The molecule has 0 saturated carbocycles. The number of benzene rings is 1. The zero-order valence-corrected chi connectivity index (χ0v) is 18.0. The summed E-state index contributed by atoms with van der Waals surface area (Å²) in [6, 6.07) is 5.25. The summed E-state index contributed by atoms with van der Waals surface area (Å²) in [7, 11) is 1.48. The van der Waals surface area contributed by atoms with Crippen LogP contribution in [0.25, 0.3) is 0 Å². The third-order valence-corrected chi connectivity index (χ3v) is 5.79. The van der Waals surface area contributed by atoms with E-state index in [0.29, 0.717) is 13.0 Å². The Morgan fingerprint density at radius 2 is 2.06 bits per heavy atom. The molecule has 0 bridgehead atoms. The second kappa shape index (κ2) is 8.49. The van der Waals surface area contributed by atoms with Crippen LogP contribution < -0.4 is 16.0 Å². The van der Waals surface area contributed by atoms with Gasteiger partial charge in [0.2, 0.25) is 0 Å². The van der Waals surface area contributed by atoms with E-state index < -0.39 is 29.0 Å². The van der Waals surface area contributed by atoms with Gasteiger partial charge < -0.3 is 20.5 Å². The van der Waals surface area contributed by atoms with E-state index in [1.165, 1.54) is 30.7 Å². The smallest absolute Gasteiger partial charge is 0.294 e. The molecular weight excluding hydrogens is 425 g/mol. The highest BCUT2D eigenvalue weighted by atomic mass is 35.5. The molecule has 8 nitrogen and oxygen atoms in total. The number of ketones is 1. The first-order valence-electron chi connectivity index (χ1n) is 9.51. The van der Waals surface area contributed by atoms with Gasteiger partial charge >= 0.3 is 0 Å². The van der Waals surface area contributed by atoms with E-state index >= 15 is 0 Å². The molecule has 31 heavy (non-hydrogen) atoms. The van der Waals surface area contributed by atoms with Crippen LogP contribution in [0, 0.1) is 24.1 Å². The topological polar surface area (TPSA) is 116 Å². The Hall–Kier alpha value is -3.22. The quantitative estimate of drug-likeness (QED) is 0.482. The second-order valence-electron chi connectivity index (χ2n) is 7.73. The summed E-state index contributed by atoms with van der Waals surface area (Å²) in [5.74, 6) is -2.95. The van der Waals surface area contributed by atoms with Gasteiger partial charge in [0.1, 0.15) is 17.0 Å². The fraction of sp³-hybridized carbons (Fsp3) is 0.333. The van der Waals surface area contributed by atoms with Gasteiger partial charge in [-0.25, -0.2) is 4.39 Å². The molecule has 0 spiro atoms. The molecule has 1 fully saturated rings. The monoisotopic (exact) mass is 445 g/mol. The number of nitriles is 1. The zero-order valence-electron chi connectivity index (χ0n) is 17.2. The van der Waals surface area contributed by atoms with Gasteiger partial charge in [-0.3, -0.25) is 14.4 Å². The van der Waals surface area contributed by atoms with Crippen LogP contribution in [-0.4, -0.2) is 40.8 Å². The highest BCUT2D eigenvalue weighted by Crippen LogP contribution is 2.28. The predicted molar refractivity (Wildman–Crippen MR) is 113 cm³/mol. The molecule has 1 aliphatic heterocycles. The number of carbonyl (C=O) groups excluding carboxylic acids is 3. The average Bonchev–Trinajstić information content (AvgIpc) is 3.23. The number of nitrogens with one attached hydrogen (secondary N) is 3. The Morgan fingerprint density at radius 1 is 1.35 bits per heavy atom. The summed E-state index contributed by atoms with van der Waals surface area (Å²) in [6.07, 6.45) is 0.689.